The van der Waals surface area contributed by atoms with Crippen molar-refractivity contribution < 1.29 is 4.79 Å². The molecule has 0 bridgehead atoms. The molecule has 0 aliphatic heterocycles. The summed E-state index contributed by atoms with van der Waals surface area (Å²) in [6.07, 6.45) is 1.98. The minimum absolute atomic E-state index is 0.111. The molecule has 0 radical (unpaired) electrons. The van der Waals surface area contributed by atoms with Crippen molar-refractivity contribution >= 4 is 5.91 Å². The molecule has 0 heterocycles. The molecule has 1 amide bonds. The van der Waals surface area contributed by atoms with E-state index in [0.29, 0.717) is 18.1 Å². The van der Waals surface area contributed by atoms with Crippen LogP contribution in [0.5, 0.6) is 0 Å². The number of carbonyl (C=O) groups excluding carboxylic acids is 1. The van der Waals surface area contributed by atoms with E-state index in [1.807, 2.05) is 6.92 Å². The van der Waals surface area contributed by atoms with E-state index in [-0.39, 0.29) is 11.9 Å². The van der Waals surface area contributed by atoms with Crippen molar-refractivity contribution in [3.8, 4) is 0 Å². The van der Waals surface area contributed by atoms with Crippen molar-refractivity contribution in [2.24, 2.45) is 0 Å². The predicted molar refractivity (Wildman–Crippen MR) is 87.0 cm³/mol. The summed E-state index contributed by atoms with van der Waals surface area (Å²) >= 11 is 0. The van der Waals surface area contributed by atoms with Crippen molar-refractivity contribution in [3.05, 3.63) is 0 Å². The molecule has 2 N–H and O–H groups in total. The predicted octanol–water partition coefficient (Wildman–Crippen LogP) is 2.39. The first-order chi connectivity index (χ1) is 9.33. The molecule has 0 saturated heterocycles. The van der Waals surface area contributed by atoms with E-state index >= 15 is 0 Å². The second-order valence-electron chi connectivity index (χ2n) is 6.12. The molecule has 0 aliphatic carbocycles. The van der Waals surface area contributed by atoms with E-state index in [1.54, 1.807) is 0 Å². The largest absolute Gasteiger partial charge is 0.352 e. The van der Waals surface area contributed by atoms with Gasteiger partial charge in [0.2, 0.25) is 5.91 Å². The summed E-state index contributed by atoms with van der Waals surface area (Å²) in [6, 6.07) is 1.24. The monoisotopic (exact) mass is 285 g/mol. The summed E-state index contributed by atoms with van der Waals surface area (Å²) in [5, 5.41) is 6.41. The van der Waals surface area contributed by atoms with Crippen LogP contribution in [0.4, 0.5) is 0 Å². The number of hydrogen-bond acceptors (Lipinski definition) is 3. The number of nitrogens with zero attached hydrogens (tertiary/aromatic N) is 1. The van der Waals surface area contributed by atoms with Gasteiger partial charge in [-0.1, -0.05) is 13.8 Å². The Bertz CT molecular complexity index is 254. The fraction of sp³-hybridized carbons (Fsp3) is 0.938. The molecular formula is C16H35N3O. The standard InChI is InChI=1S/C16H35N3O/c1-8-15(9-2)18-16(20)14(7)17-10-11-19(12(3)4)13(5)6/h12-15,17H,8-11H2,1-7H3,(H,18,20). The summed E-state index contributed by atoms with van der Waals surface area (Å²) in [6.45, 7) is 16.8. The maximum absolute atomic E-state index is 12.0. The Balaban J connectivity index is 4.09. The normalized spacial score (nSPS) is 13.6. The molecule has 1 unspecified atom stereocenters. The van der Waals surface area contributed by atoms with Gasteiger partial charge in [0.1, 0.15) is 0 Å². The zero-order chi connectivity index (χ0) is 15.7. The molecule has 20 heavy (non-hydrogen) atoms. The molecule has 0 aromatic carbocycles. The Morgan fingerprint density at radius 3 is 1.90 bits per heavy atom. The molecule has 0 saturated carbocycles. The third-order valence-electron chi connectivity index (χ3n) is 3.87. The van der Waals surface area contributed by atoms with Crippen LogP contribution in [-0.2, 0) is 4.79 Å². The summed E-state index contributed by atoms with van der Waals surface area (Å²) < 4.78 is 0. The maximum atomic E-state index is 12.0. The van der Waals surface area contributed by atoms with Gasteiger partial charge in [-0.2, -0.15) is 0 Å². The van der Waals surface area contributed by atoms with Crippen LogP contribution in [0.2, 0.25) is 0 Å². The number of hydrogen-bond donors (Lipinski definition) is 2. The average Bonchev–Trinajstić information content (AvgIpc) is 2.39. The highest BCUT2D eigenvalue weighted by atomic mass is 16.2. The Morgan fingerprint density at radius 2 is 1.50 bits per heavy atom. The second-order valence-corrected chi connectivity index (χ2v) is 6.12. The number of rotatable bonds is 10. The van der Waals surface area contributed by atoms with Crippen LogP contribution in [0.1, 0.15) is 61.3 Å². The SMILES string of the molecule is CCC(CC)NC(=O)C(C)NCCN(C(C)C)C(C)C. The van der Waals surface area contributed by atoms with Gasteiger partial charge in [-0.25, -0.2) is 0 Å². The Kier molecular flexibility index (Phi) is 9.86. The molecule has 1 atom stereocenters. The van der Waals surface area contributed by atoms with Crippen LogP contribution in [0.3, 0.4) is 0 Å². The van der Waals surface area contributed by atoms with Crippen molar-refractivity contribution in [1.82, 2.24) is 15.5 Å². The van der Waals surface area contributed by atoms with Crippen molar-refractivity contribution in [1.29, 1.82) is 0 Å². The van der Waals surface area contributed by atoms with Crippen molar-refractivity contribution in [3.63, 3.8) is 0 Å². The fourth-order valence-corrected chi connectivity index (χ4v) is 2.43. The van der Waals surface area contributed by atoms with Gasteiger partial charge in [0, 0.05) is 31.2 Å². The molecule has 0 aromatic rings. The molecule has 0 aromatic heterocycles. The Hall–Kier alpha value is -0.610. The zero-order valence-electron chi connectivity index (χ0n) is 14.5. The highest BCUT2D eigenvalue weighted by Crippen LogP contribution is 2.03. The van der Waals surface area contributed by atoms with Crippen molar-refractivity contribution in [2.45, 2.75) is 85.5 Å². The molecule has 120 valence electrons. The smallest absolute Gasteiger partial charge is 0.237 e. The molecule has 0 fully saturated rings. The van der Waals surface area contributed by atoms with Gasteiger partial charge < -0.3 is 10.6 Å². The van der Waals surface area contributed by atoms with E-state index in [2.05, 4.69) is 57.1 Å². The lowest BCUT2D eigenvalue weighted by molar-refractivity contribution is -0.123. The van der Waals surface area contributed by atoms with Crippen LogP contribution < -0.4 is 10.6 Å². The summed E-state index contributed by atoms with van der Waals surface area (Å²) in [7, 11) is 0. The van der Waals surface area contributed by atoms with Crippen molar-refractivity contribution in [2.75, 3.05) is 13.1 Å². The van der Waals surface area contributed by atoms with E-state index in [4.69, 9.17) is 0 Å². The van der Waals surface area contributed by atoms with Gasteiger partial charge in [-0.3, -0.25) is 9.69 Å². The van der Waals surface area contributed by atoms with Gasteiger partial charge in [0.05, 0.1) is 6.04 Å². The first-order valence-corrected chi connectivity index (χ1v) is 8.12. The van der Waals surface area contributed by atoms with Gasteiger partial charge in [0.15, 0.2) is 0 Å². The Labute approximate surface area is 125 Å². The number of carbonyl (C=O) groups is 1. The quantitative estimate of drug-likeness (QED) is 0.648. The third kappa shape index (κ3) is 7.25. The number of nitrogens with one attached hydrogen (secondary N) is 2. The fourth-order valence-electron chi connectivity index (χ4n) is 2.43. The lowest BCUT2D eigenvalue weighted by Gasteiger charge is -2.31. The van der Waals surface area contributed by atoms with Crippen LogP contribution >= 0.6 is 0 Å². The van der Waals surface area contributed by atoms with E-state index < -0.39 is 0 Å². The minimum atomic E-state index is -0.128. The van der Waals surface area contributed by atoms with Crippen LogP contribution in [0.15, 0.2) is 0 Å². The first-order valence-electron chi connectivity index (χ1n) is 8.12. The van der Waals surface area contributed by atoms with E-state index in [1.165, 1.54) is 0 Å². The van der Waals surface area contributed by atoms with Gasteiger partial charge in [-0.15, -0.1) is 0 Å². The topological polar surface area (TPSA) is 44.4 Å². The summed E-state index contributed by atoms with van der Waals surface area (Å²) in [5.74, 6) is 0.111. The summed E-state index contributed by atoms with van der Waals surface area (Å²) in [5.41, 5.74) is 0. The lowest BCUT2D eigenvalue weighted by Crippen LogP contribution is -2.49. The van der Waals surface area contributed by atoms with Gasteiger partial charge >= 0.3 is 0 Å². The first kappa shape index (κ1) is 19.4. The van der Waals surface area contributed by atoms with E-state index in [9.17, 15) is 4.79 Å². The molecule has 0 spiro atoms. The van der Waals surface area contributed by atoms with Crippen LogP contribution in [0.25, 0.3) is 0 Å². The molecule has 4 nitrogen and oxygen atoms in total. The highest BCUT2D eigenvalue weighted by molar-refractivity contribution is 5.81. The highest BCUT2D eigenvalue weighted by Gasteiger charge is 2.17. The van der Waals surface area contributed by atoms with Gasteiger partial charge in [0.25, 0.3) is 0 Å². The average molecular weight is 285 g/mol. The maximum Gasteiger partial charge on any atom is 0.237 e. The third-order valence-corrected chi connectivity index (χ3v) is 3.87. The lowest BCUT2D eigenvalue weighted by atomic mass is 10.1. The van der Waals surface area contributed by atoms with Gasteiger partial charge in [-0.05, 0) is 47.5 Å². The molecule has 0 rings (SSSR count). The van der Waals surface area contributed by atoms with Crippen LogP contribution in [0, 0.1) is 0 Å². The van der Waals surface area contributed by atoms with Crippen LogP contribution in [-0.4, -0.2) is 48.1 Å². The van der Waals surface area contributed by atoms with E-state index in [0.717, 1.165) is 25.9 Å². The molecule has 0 aliphatic rings. The zero-order valence-corrected chi connectivity index (χ0v) is 14.5. The second kappa shape index (κ2) is 10.2. The Morgan fingerprint density at radius 1 is 1.00 bits per heavy atom. The molecular weight excluding hydrogens is 250 g/mol. The molecule has 4 heteroatoms. The summed E-state index contributed by atoms with van der Waals surface area (Å²) in [4.78, 5) is 14.5. The number of amides is 1. The minimum Gasteiger partial charge on any atom is -0.352 e.